The summed E-state index contributed by atoms with van der Waals surface area (Å²) in [6.07, 6.45) is 3.07. The van der Waals surface area contributed by atoms with E-state index in [1.165, 1.54) is 0 Å². The van der Waals surface area contributed by atoms with Crippen LogP contribution in [-0.4, -0.2) is 18.9 Å². The highest BCUT2D eigenvalue weighted by Crippen LogP contribution is 2.32. The van der Waals surface area contributed by atoms with Gasteiger partial charge >= 0.3 is 0 Å². The first-order valence-electron chi connectivity index (χ1n) is 4.11. The van der Waals surface area contributed by atoms with Gasteiger partial charge in [0.2, 0.25) is 0 Å². The van der Waals surface area contributed by atoms with Gasteiger partial charge in [-0.25, -0.2) is 0 Å². The molecule has 56 valence electrons. The van der Waals surface area contributed by atoms with Crippen molar-refractivity contribution < 1.29 is 4.79 Å². The summed E-state index contributed by atoms with van der Waals surface area (Å²) in [5, 5.41) is 3.32. The van der Waals surface area contributed by atoms with Crippen molar-refractivity contribution >= 4 is 5.78 Å². The van der Waals surface area contributed by atoms with E-state index in [0.29, 0.717) is 17.6 Å². The molecule has 0 aromatic heterocycles. The van der Waals surface area contributed by atoms with Crippen LogP contribution in [0.25, 0.3) is 0 Å². The SMILES string of the molecule is O=C1CCC2CNCCC12. The van der Waals surface area contributed by atoms with E-state index in [4.69, 9.17) is 0 Å². The van der Waals surface area contributed by atoms with Crippen LogP contribution < -0.4 is 5.32 Å². The molecule has 10 heavy (non-hydrogen) atoms. The van der Waals surface area contributed by atoms with Gasteiger partial charge < -0.3 is 5.32 Å². The second-order valence-corrected chi connectivity index (χ2v) is 3.36. The lowest BCUT2D eigenvalue weighted by Crippen LogP contribution is -2.35. The van der Waals surface area contributed by atoms with Gasteiger partial charge in [0.05, 0.1) is 0 Å². The number of Topliss-reactive ketones (excluding diaryl/α,β-unsaturated/α-hetero) is 1. The van der Waals surface area contributed by atoms with E-state index in [0.717, 1.165) is 32.4 Å². The number of piperidine rings is 1. The van der Waals surface area contributed by atoms with Gasteiger partial charge in [0, 0.05) is 12.3 Å². The third kappa shape index (κ3) is 0.870. The van der Waals surface area contributed by atoms with E-state index < -0.39 is 0 Å². The molecule has 2 nitrogen and oxygen atoms in total. The second kappa shape index (κ2) is 2.35. The third-order valence-corrected chi connectivity index (χ3v) is 2.78. The van der Waals surface area contributed by atoms with Crippen LogP contribution in [0.3, 0.4) is 0 Å². The first-order chi connectivity index (χ1) is 4.88. The molecule has 1 heterocycles. The van der Waals surface area contributed by atoms with Crippen molar-refractivity contribution in [3.8, 4) is 0 Å². The standard InChI is InChI=1S/C8H13NO/c10-8-2-1-6-5-9-4-3-7(6)8/h6-7,9H,1-5H2. The predicted octanol–water partition coefficient (Wildman–Crippen LogP) is 0.575. The van der Waals surface area contributed by atoms with Crippen molar-refractivity contribution in [2.45, 2.75) is 19.3 Å². The largest absolute Gasteiger partial charge is 0.316 e. The fraction of sp³-hybridized carbons (Fsp3) is 0.875. The van der Waals surface area contributed by atoms with Crippen LogP contribution in [0, 0.1) is 11.8 Å². The molecule has 0 spiro atoms. The smallest absolute Gasteiger partial charge is 0.136 e. The third-order valence-electron chi connectivity index (χ3n) is 2.78. The summed E-state index contributed by atoms with van der Waals surface area (Å²) in [5.41, 5.74) is 0. The zero-order chi connectivity index (χ0) is 6.97. The second-order valence-electron chi connectivity index (χ2n) is 3.36. The van der Waals surface area contributed by atoms with Gasteiger partial charge in [-0.15, -0.1) is 0 Å². The Morgan fingerprint density at radius 1 is 1.40 bits per heavy atom. The molecule has 2 rings (SSSR count). The monoisotopic (exact) mass is 139 g/mol. The maximum Gasteiger partial charge on any atom is 0.136 e. The number of hydrogen-bond acceptors (Lipinski definition) is 2. The summed E-state index contributed by atoms with van der Waals surface area (Å²) in [7, 11) is 0. The lowest BCUT2D eigenvalue weighted by molar-refractivity contribution is -0.121. The molecule has 0 bridgehead atoms. The fourth-order valence-corrected chi connectivity index (χ4v) is 2.16. The Morgan fingerprint density at radius 3 is 3.10 bits per heavy atom. The van der Waals surface area contributed by atoms with E-state index in [1.54, 1.807) is 0 Å². The lowest BCUT2D eigenvalue weighted by atomic mass is 9.89. The molecule has 2 aliphatic rings. The Morgan fingerprint density at radius 2 is 2.30 bits per heavy atom. The van der Waals surface area contributed by atoms with Crippen LogP contribution >= 0.6 is 0 Å². The summed E-state index contributed by atoms with van der Waals surface area (Å²) < 4.78 is 0. The van der Waals surface area contributed by atoms with Gasteiger partial charge in [-0.1, -0.05) is 0 Å². The van der Waals surface area contributed by atoms with Gasteiger partial charge in [-0.2, -0.15) is 0 Å². The Balaban J connectivity index is 2.08. The number of carbonyl (C=O) groups excluding carboxylic acids is 1. The molecule has 2 fully saturated rings. The molecular weight excluding hydrogens is 126 g/mol. The molecular formula is C8H13NO. The number of hydrogen-bond donors (Lipinski definition) is 1. The zero-order valence-electron chi connectivity index (χ0n) is 6.10. The average molecular weight is 139 g/mol. The molecule has 1 aliphatic carbocycles. The first kappa shape index (κ1) is 6.35. The van der Waals surface area contributed by atoms with Crippen molar-refractivity contribution in [2.75, 3.05) is 13.1 Å². The average Bonchev–Trinajstić information content (AvgIpc) is 2.34. The summed E-state index contributed by atoms with van der Waals surface area (Å²) in [5.74, 6) is 1.63. The van der Waals surface area contributed by atoms with Crippen molar-refractivity contribution in [3.05, 3.63) is 0 Å². The van der Waals surface area contributed by atoms with E-state index in [9.17, 15) is 4.79 Å². The summed E-state index contributed by atoms with van der Waals surface area (Å²) in [4.78, 5) is 11.2. The minimum atomic E-state index is 0.432. The Bertz CT molecular complexity index is 155. The molecule has 1 N–H and O–H groups in total. The van der Waals surface area contributed by atoms with E-state index >= 15 is 0 Å². The number of carbonyl (C=O) groups is 1. The zero-order valence-corrected chi connectivity index (χ0v) is 6.10. The van der Waals surface area contributed by atoms with E-state index in [2.05, 4.69) is 5.32 Å². The quantitative estimate of drug-likeness (QED) is 0.531. The molecule has 0 aromatic carbocycles. The van der Waals surface area contributed by atoms with Gasteiger partial charge in [0.25, 0.3) is 0 Å². The molecule has 0 amide bonds. The highest BCUT2D eigenvalue weighted by atomic mass is 16.1. The molecule has 2 heteroatoms. The number of ketones is 1. The van der Waals surface area contributed by atoms with Crippen LogP contribution in [0.4, 0.5) is 0 Å². The van der Waals surface area contributed by atoms with Crippen LogP contribution in [-0.2, 0) is 4.79 Å². The summed E-state index contributed by atoms with van der Waals surface area (Å²) >= 11 is 0. The molecule has 1 saturated carbocycles. The first-order valence-corrected chi connectivity index (χ1v) is 4.11. The van der Waals surface area contributed by atoms with Crippen LogP contribution in [0.5, 0.6) is 0 Å². The molecule has 1 aliphatic heterocycles. The van der Waals surface area contributed by atoms with Crippen molar-refractivity contribution in [1.29, 1.82) is 0 Å². The highest BCUT2D eigenvalue weighted by molar-refractivity contribution is 5.83. The predicted molar refractivity (Wildman–Crippen MR) is 38.7 cm³/mol. The van der Waals surface area contributed by atoms with Gasteiger partial charge in [0.15, 0.2) is 0 Å². The molecule has 2 atom stereocenters. The Kier molecular flexibility index (Phi) is 1.49. The van der Waals surface area contributed by atoms with Crippen LogP contribution in [0.15, 0.2) is 0 Å². The topological polar surface area (TPSA) is 29.1 Å². The summed E-state index contributed by atoms with van der Waals surface area (Å²) in [6.45, 7) is 2.13. The molecule has 0 aromatic rings. The number of fused-ring (bicyclic) bond motifs is 1. The fourth-order valence-electron chi connectivity index (χ4n) is 2.16. The highest BCUT2D eigenvalue weighted by Gasteiger charge is 2.35. The van der Waals surface area contributed by atoms with Crippen molar-refractivity contribution in [1.82, 2.24) is 5.32 Å². The minimum absolute atomic E-state index is 0.432. The Labute approximate surface area is 61.0 Å². The lowest BCUT2D eigenvalue weighted by Gasteiger charge is -2.24. The Hall–Kier alpha value is -0.370. The van der Waals surface area contributed by atoms with E-state index in [1.807, 2.05) is 0 Å². The van der Waals surface area contributed by atoms with Gasteiger partial charge in [0.1, 0.15) is 5.78 Å². The van der Waals surface area contributed by atoms with Crippen LogP contribution in [0.2, 0.25) is 0 Å². The van der Waals surface area contributed by atoms with E-state index in [-0.39, 0.29) is 0 Å². The maximum absolute atomic E-state index is 11.2. The van der Waals surface area contributed by atoms with Crippen molar-refractivity contribution in [3.63, 3.8) is 0 Å². The number of nitrogens with one attached hydrogen (secondary N) is 1. The maximum atomic E-state index is 11.2. The molecule has 2 unspecified atom stereocenters. The van der Waals surface area contributed by atoms with Crippen molar-refractivity contribution in [2.24, 2.45) is 11.8 Å². The summed E-state index contributed by atoms with van der Waals surface area (Å²) in [6, 6.07) is 0. The minimum Gasteiger partial charge on any atom is -0.316 e. The normalized spacial score (nSPS) is 39.8. The van der Waals surface area contributed by atoms with Gasteiger partial charge in [-0.05, 0) is 31.8 Å². The molecule has 0 radical (unpaired) electrons. The van der Waals surface area contributed by atoms with Gasteiger partial charge in [-0.3, -0.25) is 4.79 Å². The van der Waals surface area contributed by atoms with Crippen LogP contribution in [0.1, 0.15) is 19.3 Å². The number of rotatable bonds is 0. The molecule has 1 saturated heterocycles.